The summed E-state index contributed by atoms with van der Waals surface area (Å²) in [4.78, 5) is 11.1. The first kappa shape index (κ1) is 20.1. The molecule has 1 unspecified atom stereocenters. The van der Waals surface area contributed by atoms with Gasteiger partial charge in [0.05, 0.1) is 31.3 Å². The van der Waals surface area contributed by atoms with E-state index in [0.717, 1.165) is 40.7 Å². The number of hydrogen-bond donors (Lipinski definition) is 1. The van der Waals surface area contributed by atoms with Crippen LogP contribution in [0.4, 0.5) is 0 Å². The van der Waals surface area contributed by atoms with Gasteiger partial charge in [0, 0.05) is 17.4 Å². The van der Waals surface area contributed by atoms with E-state index < -0.39 is 5.97 Å². The number of carboxylic acid groups (broad SMARTS) is 1. The van der Waals surface area contributed by atoms with Crippen LogP contribution in [0.5, 0.6) is 11.5 Å². The number of aliphatic carboxylic acids is 1. The number of benzene rings is 3. The lowest BCUT2D eigenvalue weighted by Crippen LogP contribution is -2.17. The first-order chi connectivity index (χ1) is 15.7. The van der Waals surface area contributed by atoms with Crippen LogP contribution in [-0.4, -0.2) is 27.5 Å². The number of nitrogens with zero attached hydrogens (tertiary/aromatic N) is 2. The summed E-state index contributed by atoms with van der Waals surface area (Å²) in [5.74, 6) is 0.628. The van der Waals surface area contributed by atoms with Gasteiger partial charge in [-0.1, -0.05) is 42.5 Å². The van der Waals surface area contributed by atoms with Gasteiger partial charge < -0.3 is 14.6 Å². The normalized spacial score (nSPS) is 15.2. The molecular formula is C26H24N2O4. The van der Waals surface area contributed by atoms with Crippen LogP contribution in [-0.2, 0) is 17.9 Å². The van der Waals surface area contributed by atoms with Crippen molar-refractivity contribution in [3.05, 3.63) is 89.6 Å². The summed E-state index contributed by atoms with van der Waals surface area (Å²) in [7, 11) is 0. The van der Waals surface area contributed by atoms with Gasteiger partial charge in [0.15, 0.2) is 0 Å². The fourth-order valence-corrected chi connectivity index (χ4v) is 4.23. The van der Waals surface area contributed by atoms with Gasteiger partial charge in [0.1, 0.15) is 18.1 Å². The average Bonchev–Trinajstić information content (AvgIpc) is 3.20. The molecule has 32 heavy (non-hydrogen) atoms. The van der Waals surface area contributed by atoms with Gasteiger partial charge in [-0.15, -0.1) is 0 Å². The van der Waals surface area contributed by atoms with Crippen LogP contribution in [0.3, 0.4) is 0 Å². The van der Waals surface area contributed by atoms with Crippen LogP contribution in [0.25, 0.3) is 10.9 Å². The Balaban J connectivity index is 1.28. The van der Waals surface area contributed by atoms with E-state index >= 15 is 0 Å². The molecule has 1 atom stereocenters. The predicted molar refractivity (Wildman–Crippen MR) is 121 cm³/mol. The zero-order valence-corrected chi connectivity index (χ0v) is 17.6. The molecular weight excluding hydrogens is 404 g/mol. The maximum atomic E-state index is 11.1. The van der Waals surface area contributed by atoms with E-state index in [0.29, 0.717) is 19.0 Å². The van der Waals surface area contributed by atoms with Crippen LogP contribution in [0.2, 0.25) is 0 Å². The molecule has 6 heteroatoms. The lowest BCUT2D eigenvalue weighted by Gasteiger charge is -2.25. The Morgan fingerprint density at radius 2 is 1.97 bits per heavy atom. The summed E-state index contributed by atoms with van der Waals surface area (Å²) in [6.45, 7) is 1.69. The number of carbonyl (C=O) groups is 1. The molecule has 0 radical (unpaired) electrons. The molecule has 0 spiro atoms. The Morgan fingerprint density at radius 3 is 2.81 bits per heavy atom. The Hall–Kier alpha value is -3.80. The molecule has 0 saturated carbocycles. The lowest BCUT2D eigenvalue weighted by molar-refractivity contribution is -0.137. The molecule has 0 aliphatic carbocycles. The van der Waals surface area contributed by atoms with Crippen LogP contribution in [0.1, 0.15) is 35.4 Å². The first-order valence-corrected chi connectivity index (χ1v) is 10.8. The SMILES string of the molecule is O=C(O)CC1CCOc2cc(OCc3ccc4c(cnn4Cc4ccccc4)c3)ccc21. The minimum Gasteiger partial charge on any atom is -0.493 e. The van der Waals surface area contributed by atoms with E-state index in [9.17, 15) is 4.79 Å². The van der Waals surface area contributed by atoms with Gasteiger partial charge in [0.25, 0.3) is 0 Å². The van der Waals surface area contributed by atoms with E-state index in [4.69, 9.17) is 14.6 Å². The molecule has 1 aromatic heterocycles. The molecule has 2 heterocycles. The molecule has 1 aliphatic heterocycles. The summed E-state index contributed by atoms with van der Waals surface area (Å²) in [6, 6.07) is 22.2. The Labute approximate surface area is 186 Å². The second kappa shape index (κ2) is 8.75. The number of aromatic nitrogens is 2. The number of carboxylic acids is 1. The second-order valence-corrected chi connectivity index (χ2v) is 8.10. The highest BCUT2D eigenvalue weighted by atomic mass is 16.5. The van der Waals surface area contributed by atoms with Crippen LogP contribution in [0.15, 0.2) is 72.9 Å². The summed E-state index contributed by atoms with van der Waals surface area (Å²) in [5, 5.41) is 14.8. The average molecular weight is 428 g/mol. The highest BCUT2D eigenvalue weighted by Crippen LogP contribution is 2.38. The van der Waals surface area contributed by atoms with Gasteiger partial charge in [-0.3, -0.25) is 9.48 Å². The zero-order chi connectivity index (χ0) is 21.9. The Bertz CT molecular complexity index is 1250. The maximum absolute atomic E-state index is 11.1. The van der Waals surface area contributed by atoms with Gasteiger partial charge >= 0.3 is 5.97 Å². The lowest BCUT2D eigenvalue weighted by atomic mass is 9.90. The minimum absolute atomic E-state index is 0.0138. The molecule has 162 valence electrons. The quantitative estimate of drug-likeness (QED) is 0.448. The van der Waals surface area contributed by atoms with Crippen molar-refractivity contribution in [3.8, 4) is 11.5 Å². The summed E-state index contributed by atoms with van der Waals surface area (Å²) >= 11 is 0. The summed E-state index contributed by atoms with van der Waals surface area (Å²) in [6.07, 6.45) is 2.73. The van der Waals surface area contributed by atoms with Crippen molar-refractivity contribution in [2.75, 3.05) is 6.61 Å². The number of rotatable bonds is 7. The van der Waals surface area contributed by atoms with Crippen LogP contribution < -0.4 is 9.47 Å². The van der Waals surface area contributed by atoms with Crippen molar-refractivity contribution in [2.45, 2.75) is 31.9 Å². The molecule has 0 bridgehead atoms. The summed E-state index contributed by atoms with van der Waals surface area (Å²) in [5.41, 5.74) is 4.30. The standard InChI is InChI=1S/C26H24N2O4/c29-26(30)13-20-10-11-31-25-14-22(7-8-23(20)25)32-17-19-6-9-24-21(12-19)15-27-28(24)16-18-4-2-1-3-5-18/h1-9,12,14-15,20H,10-11,13,16-17H2,(H,29,30). The second-order valence-electron chi connectivity index (χ2n) is 8.10. The zero-order valence-electron chi connectivity index (χ0n) is 17.6. The maximum Gasteiger partial charge on any atom is 0.303 e. The minimum atomic E-state index is -0.786. The molecule has 0 amide bonds. The molecule has 6 nitrogen and oxygen atoms in total. The number of fused-ring (bicyclic) bond motifs is 2. The number of ether oxygens (including phenoxy) is 2. The fraction of sp³-hybridized carbons (Fsp3) is 0.231. The van der Waals surface area contributed by atoms with Crippen molar-refractivity contribution >= 4 is 16.9 Å². The third-order valence-electron chi connectivity index (χ3n) is 5.86. The van der Waals surface area contributed by atoms with Gasteiger partial charge in [-0.2, -0.15) is 5.10 Å². The van der Waals surface area contributed by atoms with Crippen molar-refractivity contribution in [3.63, 3.8) is 0 Å². The van der Waals surface area contributed by atoms with E-state index in [2.05, 4.69) is 35.4 Å². The third-order valence-corrected chi connectivity index (χ3v) is 5.86. The van der Waals surface area contributed by atoms with Crippen molar-refractivity contribution in [1.82, 2.24) is 9.78 Å². The van der Waals surface area contributed by atoms with Gasteiger partial charge in [-0.05, 0) is 41.3 Å². The third kappa shape index (κ3) is 4.30. The molecule has 1 N–H and O–H groups in total. The monoisotopic (exact) mass is 428 g/mol. The number of hydrogen-bond acceptors (Lipinski definition) is 4. The van der Waals surface area contributed by atoms with E-state index in [1.807, 2.05) is 47.3 Å². The molecule has 3 aromatic carbocycles. The topological polar surface area (TPSA) is 73.6 Å². The Kier molecular flexibility index (Phi) is 5.50. The largest absolute Gasteiger partial charge is 0.493 e. The predicted octanol–water partition coefficient (Wildman–Crippen LogP) is 5.00. The first-order valence-electron chi connectivity index (χ1n) is 10.8. The molecule has 4 aromatic rings. The molecule has 0 saturated heterocycles. The van der Waals surface area contributed by atoms with Crippen molar-refractivity contribution in [2.24, 2.45) is 0 Å². The van der Waals surface area contributed by atoms with Crippen molar-refractivity contribution in [1.29, 1.82) is 0 Å². The molecule has 5 rings (SSSR count). The fourth-order valence-electron chi connectivity index (χ4n) is 4.23. The van der Waals surface area contributed by atoms with Gasteiger partial charge in [0.2, 0.25) is 0 Å². The molecule has 0 fully saturated rings. The highest BCUT2D eigenvalue weighted by Gasteiger charge is 2.24. The Morgan fingerprint density at radius 1 is 1.09 bits per heavy atom. The van der Waals surface area contributed by atoms with E-state index in [1.165, 1.54) is 5.56 Å². The highest BCUT2D eigenvalue weighted by molar-refractivity contribution is 5.79. The summed E-state index contributed by atoms with van der Waals surface area (Å²) < 4.78 is 13.8. The smallest absolute Gasteiger partial charge is 0.303 e. The molecule has 1 aliphatic rings. The van der Waals surface area contributed by atoms with Crippen LogP contribution in [0, 0.1) is 0 Å². The van der Waals surface area contributed by atoms with Gasteiger partial charge in [-0.25, -0.2) is 0 Å². The van der Waals surface area contributed by atoms with E-state index in [1.54, 1.807) is 0 Å². The van der Waals surface area contributed by atoms with E-state index in [-0.39, 0.29) is 12.3 Å². The van der Waals surface area contributed by atoms with Crippen molar-refractivity contribution < 1.29 is 19.4 Å². The van der Waals surface area contributed by atoms with Crippen LogP contribution >= 0.6 is 0 Å².